The number of nitrogens with one attached hydrogen (secondary N) is 2. The number of rotatable bonds is 4. The largest absolute Gasteiger partial charge is 0.342 e. The second kappa shape index (κ2) is 7.13. The van der Waals surface area contributed by atoms with Crippen LogP contribution >= 0.6 is 0 Å². The molecule has 0 aliphatic carbocycles. The van der Waals surface area contributed by atoms with Crippen molar-refractivity contribution < 1.29 is 9.59 Å². The average molecular weight is 400 g/mol. The molecule has 3 heterocycles. The SMILES string of the molecule is C=C1CCC(N2Cc3cc(CCc4nc5ccc(C)cc5[nH]4)ccc3C2=O)C(=O)N1. The Morgan fingerprint density at radius 2 is 2.03 bits per heavy atom. The Hall–Kier alpha value is -3.41. The summed E-state index contributed by atoms with van der Waals surface area (Å²) in [6.07, 6.45) is 2.98. The number of allylic oxidation sites excluding steroid dienone is 1. The Morgan fingerprint density at radius 1 is 1.17 bits per heavy atom. The Kier molecular flexibility index (Phi) is 4.42. The molecular weight excluding hydrogens is 376 g/mol. The number of aromatic amines is 1. The molecule has 152 valence electrons. The van der Waals surface area contributed by atoms with Gasteiger partial charge in [-0.3, -0.25) is 9.59 Å². The average Bonchev–Trinajstić information content (AvgIpc) is 3.26. The molecule has 0 bridgehead atoms. The first-order chi connectivity index (χ1) is 14.5. The van der Waals surface area contributed by atoms with E-state index in [1.807, 2.05) is 18.2 Å². The van der Waals surface area contributed by atoms with Crippen LogP contribution in [0.3, 0.4) is 0 Å². The zero-order valence-corrected chi connectivity index (χ0v) is 17.0. The third kappa shape index (κ3) is 3.28. The Bertz CT molecular complexity index is 1190. The highest BCUT2D eigenvalue weighted by atomic mass is 16.2. The summed E-state index contributed by atoms with van der Waals surface area (Å²) in [5, 5.41) is 2.78. The number of aromatic nitrogens is 2. The van der Waals surface area contributed by atoms with Crippen LogP contribution in [0.25, 0.3) is 11.0 Å². The van der Waals surface area contributed by atoms with E-state index < -0.39 is 6.04 Å². The minimum Gasteiger partial charge on any atom is -0.342 e. The van der Waals surface area contributed by atoms with Gasteiger partial charge in [-0.2, -0.15) is 0 Å². The molecule has 2 amide bonds. The predicted octanol–water partition coefficient (Wildman–Crippen LogP) is 3.40. The lowest BCUT2D eigenvalue weighted by atomic mass is 10.0. The van der Waals surface area contributed by atoms with Crippen molar-refractivity contribution in [3.05, 3.63) is 76.8 Å². The van der Waals surface area contributed by atoms with Gasteiger partial charge in [0.25, 0.3) is 5.91 Å². The van der Waals surface area contributed by atoms with Gasteiger partial charge in [0.05, 0.1) is 11.0 Å². The van der Waals surface area contributed by atoms with Gasteiger partial charge in [-0.1, -0.05) is 24.8 Å². The maximum Gasteiger partial charge on any atom is 0.255 e. The molecular formula is C24H24N4O2. The zero-order valence-electron chi connectivity index (χ0n) is 17.0. The first-order valence-corrected chi connectivity index (χ1v) is 10.3. The van der Waals surface area contributed by atoms with Gasteiger partial charge in [0, 0.05) is 24.2 Å². The Morgan fingerprint density at radius 3 is 2.87 bits per heavy atom. The number of imidazole rings is 1. The van der Waals surface area contributed by atoms with Crippen LogP contribution in [0, 0.1) is 6.92 Å². The van der Waals surface area contributed by atoms with E-state index in [1.165, 1.54) is 11.1 Å². The summed E-state index contributed by atoms with van der Waals surface area (Å²) < 4.78 is 0. The van der Waals surface area contributed by atoms with E-state index >= 15 is 0 Å². The van der Waals surface area contributed by atoms with Gasteiger partial charge in [-0.05, 0) is 61.1 Å². The maximum absolute atomic E-state index is 12.8. The van der Waals surface area contributed by atoms with Gasteiger partial charge >= 0.3 is 0 Å². The molecule has 1 fully saturated rings. The number of carbonyl (C=O) groups is 2. The highest BCUT2D eigenvalue weighted by Crippen LogP contribution is 2.29. The highest BCUT2D eigenvalue weighted by Gasteiger charge is 2.38. The number of fused-ring (bicyclic) bond motifs is 2. The first kappa shape index (κ1) is 18.6. The standard InChI is InChI=1S/C24H24N4O2/c1-14-3-8-19-20(11-14)27-22(26-19)10-6-16-5-7-18-17(12-16)13-28(24(18)30)21-9-4-15(2)25-23(21)29/h3,5,7-8,11-12,21H,2,4,6,9-10,13H2,1H3,(H,25,29)(H,26,27). The van der Waals surface area contributed by atoms with E-state index in [2.05, 4.69) is 47.0 Å². The quantitative estimate of drug-likeness (QED) is 0.705. The van der Waals surface area contributed by atoms with Crippen molar-refractivity contribution in [1.29, 1.82) is 0 Å². The Labute approximate surface area is 175 Å². The summed E-state index contributed by atoms with van der Waals surface area (Å²) in [6.45, 7) is 6.37. The first-order valence-electron chi connectivity index (χ1n) is 10.3. The lowest BCUT2D eigenvalue weighted by Gasteiger charge is -2.30. The van der Waals surface area contributed by atoms with Gasteiger partial charge in [-0.25, -0.2) is 4.98 Å². The number of benzene rings is 2. The van der Waals surface area contributed by atoms with Crippen molar-refractivity contribution in [3.63, 3.8) is 0 Å². The lowest BCUT2D eigenvalue weighted by Crippen LogP contribution is -2.49. The monoisotopic (exact) mass is 400 g/mol. The van der Waals surface area contributed by atoms with Crippen LogP contribution in [0.15, 0.2) is 48.7 Å². The number of piperidine rings is 1. The third-order valence-corrected chi connectivity index (χ3v) is 6.04. The number of nitrogens with zero attached hydrogens (tertiary/aromatic N) is 2. The highest BCUT2D eigenvalue weighted by molar-refractivity contribution is 6.01. The number of aryl methyl sites for hydroxylation is 3. The maximum atomic E-state index is 12.8. The molecule has 0 saturated carbocycles. The fourth-order valence-corrected chi connectivity index (χ4v) is 4.42. The van der Waals surface area contributed by atoms with Crippen molar-refractivity contribution in [2.24, 2.45) is 0 Å². The van der Waals surface area contributed by atoms with Crippen molar-refractivity contribution in [3.8, 4) is 0 Å². The smallest absolute Gasteiger partial charge is 0.255 e. The lowest BCUT2D eigenvalue weighted by molar-refractivity contribution is -0.126. The van der Waals surface area contributed by atoms with Gasteiger partial charge < -0.3 is 15.2 Å². The van der Waals surface area contributed by atoms with E-state index in [0.717, 1.165) is 41.0 Å². The van der Waals surface area contributed by atoms with Crippen molar-refractivity contribution in [2.45, 2.75) is 45.2 Å². The van der Waals surface area contributed by atoms with E-state index in [-0.39, 0.29) is 11.8 Å². The molecule has 2 aliphatic heterocycles. The molecule has 3 aromatic rings. The van der Waals surface area contributed by atoms with Crippen LogP contribution in [0.5, 0.6) is 0 Å². The Balaban J connectivity index is 1.30. The summed E-state index contributed by atoms with van der Waals surface area (Å²) in [6, 6.07) is 11.8. The van der Waals surface area contributed by atoms with Gasteiger partial charge in [0.15, 0.2) is 0 Å². The van der Waals surface area contributed by atoms with Gasteiger partial charge in [-0.15, -0.1) is 0 Å². The summed E-state index contributed by atoms with van der Waals surface area (Å²) in [4.78, 5) is 34.9. The molecule has 0 radical (unpaired) electrons. The fraction of sp³-hybridized carbons (Fsp3) is 0.292. The van der Waals surface area contributed by atoms with E-state index in [4.69, 9.17) is 0 Å². The molecule has 1 aromatic heterocycles. The van der Waals surface area contributed by atoms with Gasteiger partial charge in [0.1, 0.15) is 11.9 Å². The van der Waals surface area contributed by atoms with E-state index in [0.29, 0.717) is 24.9 Å². The molecule has 30 heavy (non-hydrogen) atoms. The van der Waals surface area contributed by atoms with Crippen LogP contribution in [-0.2, 0) is 24.2 Å². The topological polar surface area (TPSA) is 78.1 Å². The second-order valence-corrected chi connectivity index (χ2v) is 8.28. The van der Waals surface area contributed by atoms with Gasteiger partial charge in [0.2, 0.25) is 5.91 Å². The summed E-state index contributed by atoms with van der Waals surface area (Å²) in [7, 11) is 0. The van der Waals surface area contributed by atoms with Crippen LogP contribution < -0.4 is 5.32 Å². The number of hydrogen-bond donors (Lipinski definition) is 2. The zero-order chi connectivity index (χ0) is 20.8. The number of hydrogen-bond acceptors (Lipinski definition) is 3. The van der Waals surface area contributed by atoms with Crippen molar-refractivity contribution in [1.82, 2.24) is 20.2 Å². The molecule has 2 aliphatic rings. The second-order valence-electron chi connectivity index (χ2n) is 8.28. The summed E-state index contributed by atoms with van der Waals surface area (Å²) >= 11 is 0. The number of amides is 2. The van der Waals surface area contributed by atoms with Crippen molar-refractivity contribution in [2.75, 3.05) is 0 Å². The molecule has 5 rings (SSSR count). The van der Waals surface area contributed by atoms with Crippen molar-refractivity contribution >= 4 is 22.8 Å². The van der Waals surface area contributed by atoms with Crippen LogP contribution in [0.2, 0.25) is 0 Å². The number of carbonyl (C=O) groups excluding carboxylic acids is 2. The van der Waals surface area contributed by atoms with E-state index in [1.54, 1.807) is 4.90 Å². The van der Waals surface area contributed by atoms with E-state index in [9.17, 15) is 9.59 Å². The predicted molar refractivity (Wildman–Crippen MR) is 115 cm³/mol. The summed E-state index contributed by atoms with van der Waals surface area (Å²) in [5.41, 5.74) is 6.85. The summed E-state index contributed by atoms with van der Waals surface area (Å²) in [5.74, 6) is 0.775. The molecule has 1 atom stereocenters. The molecule has 2 N–H and O–H groups in total. The molecule has 1 unspecified atom stereocenters. The molecule has 0 spiro atoms. The minimum absolute atomic E-state index is 0.0585. The normalized spacial score (nSPS) is 18.8. The number of H-pyrrole nitrogens is 1. The third-order valence-electron chi connectivity index (χ3n) is 6.04. The molecule has 1 saturated heterocycles. The minimum atomic E-state index is -0.419. The van der Waals surface area contributed by atoms with Crippen LogP contribution in [-0.4, -0.2) is 32.7 Å². The van der Waals surface area contributed by atoms with Crippen LogP contribution in [0.4, 0.5) is 0 Å². The van der Waals surface area contributed by atoms with Crippen LogP contribution in [0.1, 0.15) is 45.7 Å². The molecule has 6 heteroatoms. The molecule has 2 aromatic carbocycles. The molecule has 6 nitrogen and oxygen atoms in total. The fourth-order valence-electron chi connectivity index (χ4n) is 4.42.